The summed E-state index contributed by atoms with van der Waals surface area (Å²) in [6, 6.07) is 13.3. The number of hydrogen-bond donors (Lipinski definition) is 2. The first kappa shape index (κ1) is 20.4. The molecule has 2 unspecified atom stereocenters. The highest BCUT2D eigenvalue weighted by molar-refractivity contribution is 7.18. The average molecular weight is 440 g/mol. The molecule has 31 heavy (non-hydrogen) atoms. The van der Waals surface area contributed by atoms with Crippen LogP contribution in [0.2, 0.25) is 0 Å². The molecule has 0 aliphatic carbocycles. The Labute approximate surface area is 184 Å². The number of ether oxygens (including phenoxy) is 1. The van der Waals surface area contributed by atoms with Crippen LogP contribution in [0.3, 0.4) is 0 Å². The highest BCUT2D eigenvalue weighted by atomic mass is 32.1. The van der Waals surface area contributed by atoms with Gasteiger partial charge in [-0.05, 0) is 56.6 Å². The van der Waals surface area contributed by atoms with E-state index in [9.17, 15) is 9.50 Å². The van der Waals surface area contributed by atoms with E-state index in [-0.39, 0.29) is 12.4 Å². The quantitative estimate of drug-likeness (QED) is 0.447. The lowest BCUT2D eigenvalue weighted by Gasteiger charge is -2.38. The molecule has 0 radical (unpaired) electrons. The maximum absolute atomic E-state index is 14.0. The summed E-state index contributed by atoms with van der Waals surface area (Å²) in [6.07, 6.45) is 3.24. The molecule has 2 aromatic heterocycles. The summed E-state index contributed by atoms with van der Waals surface area (Å²) in [5.74, 6) is 0.874. The van der Waals surface area contributed by atoms with E-state index in [0.717, 1.165) is 45.7 Å². The maximum atomic E-state index is 14.0. The summed E-state index contributed by atoms with van der Waals surface area (Å²) >= 11 is 1.60. The van der Waals surface area contributed by atoms with Gasteiger partial charge >= 0.3 is 0 Å². The third-order valence-electron chi connectivity index (χ3n) is 6.18. The number of rotatable bonds is 6. The van der Waals surface area contributed by atoms with Crippen LogP contribution in [0, 0.1) is 5.82 Å². The number of aliphatic hydroxyl groups is 1. The Morgan fingerprint density at radius 1 is 1.29 bits per heavy atom. The number of aliphatic hydroxyl groups excluding tert-OH is 1. The second-order valence-electron chi connectivity index (χ2n) is 8.36. The minimum absolute atomic E-state index is 0.246. The van der Waals surface area contributed by atoms with Crippen molar-refractivity contribution in [1.82, 2.24) is 14.9 Å². The summed E-state index contributed by atoms with van der Waals surface area (Å²) in [5, 5.41) is 12.6. The molecule has 0 spiro atoms. The van der Waals surface area contributed by atoms with Crippen molar-refractivity contribution in [2.45, 2.75) is 37.8 Å². The Morgan fingerprint density at radius 3 is 3.00 bits per heavy atom. The first-order valence-electron chi connectivity index (χ1n) is 10.7. The van der Waals surface area contributed by atoms with Crippen molar-refractivity contribution in [2.75, 3.05) is 19.7 Å². The molecule has 162 valence electrons. The predicted octanol–water partition coefficient (Wildman–Crippen LogP) is 4.92. The van der Waals surface area contributed by atoms with Gasteiger partial charge in [-0.2, -0.15) is 0 Å². The molecule has 2 N–H and O–H groups in total. The van der Waals surface area contributed by atoms with E-state index in [1.54, 1.807) is 17.4 Å². The fourth-order valence-corrected chi connectivity index (χ4v) is 5.64. The van der Waals surface area contributed by atoms with Crippen LogP contribution in [-0.2, 0) is 0 Å². The molecule has 1 fully saturated rings. The zero-order chi connectivity index (χ0) is 21.4. The van der Waals surface area contributed by atoms with Crippen LogP contribution >= 0.6 is 11.3 Å². The van der Waals surface area contributed by atoms with Gasteiger partial charge in [-0.15, -0.1) is 11.3 Å². The molecular weight excluding hydrogens is 413 g/mol. The number of aromatic nitrogens is 2. The third-order valence-corrected chi connectivity index (χ3v) is 7.36. The Kier molecular flexibility index (Phi) is 5.65. The number of H-pyrrole nitrogens is 1. The molecule has 0 bridgehead atoms. The predicted molar refractivity (Wildman–Crippen MR) is 122 cm³/mol. The molecule has 1 saturated heterocycles. The first-order valence-corrected chi connectivity index (χ1v) is 11.6. The molecule has 5 nitrogen and oxygen atoms in total. The van der Waals surface area contributed by atoms with E-state index in [0.29, 0.717) is 24.0 Å². The van der Waals surface area contributed by atoms with Crippen molar-refractivity contribution in [3.63, 3.8) is 0 Å². The number of aromatic amines is 1. The zero-order valence-electron chi connectivity index (χ0n) is 17.4. The molecule has 5 rings (SSSR count). The molecule has 0 saturated carbocycles. The standard InChI is InChI=1S/C24H26FN3O2S/c1-15-12-16(24-27-23-19(25)4-2-7-22(23)31-24)9-11-28(15)13-17(29)14-30-21-6-3-5-20-18(21)8-10-26-20/h2-8,10,15-17,26,29H,9,11-14H2,1H3/t15?,16?,17-/m0/s1. The van der Waals surface area contributed by atoms with Crippen LogP contribution in [0.15, 0.2) is 48.7 Å². The maximum Gasteiger partial charge on any atom is 0.150 e. The van der Waals surface area contributed by atoms with Gasteiger partial charge in [-0.3, -0.25) is 4.90 Å². The number of para-hydroxylation sites is 1. The van der Waals surface area contributed by atoms with Crippen LogP contribution in [0.25, 0.3) is 21.1 Å². The summed E-state index contributed by atoms with van der Waals surface area (Å²) in [5.41, 5.74) is 1.51. The summed E-state index contributed by atoms with van der Waals surface area (Å²) < 4.78 is 20.8. The van der Waals surface area contributed by atoms with Crippen LogP contribution in [-0.4, -0.2) is 51.8 Å². The lowest BCUT2D eigenvalue weighted by Crippen LogP contribution is -2.45. The topological polar surface area (TPSA) is 61.4 Å². The van der Waals surface area contributed by atoms with E-state index in [2.05, 4.69) is 21.8 Å². The minimum atomic E-state index is -0.565. The second kappa shape index (κ2) is 8.57. The third kappa shape index (κ3) is 4.18. The number of likely N-dealkylation sites (tertiary alicyclic amines) is 1. The molecule has 4 aromatic rings. The van der Waals surface area contributed by atoms with Gasteiger partial charge in [0.25, 0.3) is 0 Å². The molecular formula is C24H26FN3O2S. The van der Waals surface area contributed by atoms with E-state index < -0.39 is 6.10 Å². The number of thiazole rings is 1. The van der Waals surface area contributed by atoms with Crippen molar-refractivity contribution in [3.05, 3.63) is 59.5 Å². The smallest absolute Gasteiger partial charge is 0.150 e. The van der Waals surface area contributed by atoms with Crippen LogP contribution in [0.5, 0.6) is 5.75 Å². The minimum Gasteiger partial charge on any atom is -0.490 e. The SMILES string of the molecule is CC1CC(c2nc3c(F)cccc3s2)CCN1C[C@H](O)COc1cccc2[nH]ccc12. The Morgan fingerprint density at radius 2 is 2.16 bits per heavy atom. The van der Waals surface area contributed by atoms with Crippen LogP contribution in [0.4, 0.5) is 4.39 Å². The van der Waals surface area contributed by atoms with Crippen molar-refractivity contribution in [1.29, 1.82) is 0 Å². The Balaban J connectivity index is 1.18. The number of nitrogens with zero attached hydrogens (tertiary/aromatic N) is 2. The van der Waals surface area contributed by atoms with Crippen molar-refractivity contribution < 1.29 is 14.2 Å². The van der Waals surface area contributed by atoms with Gasteiger partial charge in [0, 0.05) is 35.6 Å². The van der Waals surface area contributed by atoms with Crippen LogP contribution in [0.1, 0.15) is 30.7 Å². The van der Waals surface area contributed by atoms with Crippen molar-refractivity contribution in [3.8, 4) is 5.75 Å². The van der Waals surface area contributed by atoms with Gasteiger partial charge in [0.15, 0.2) is 0 Å². The molecule has 0 amide bonds. The van der Waals surface area contributed by atoms with Gasteiger partial charge in [-0.25, -0.2) is 9.37 Å². The van der Waals surface area contributed by atoms with E-state index in [4.69, 9.17) is 4.74 Å². The number of hydrogen-bond acceptors (Lipinski definition) is 5. The van der Waals surface area contributed by atoms with Crippen molar-refractivity contribution >= 4 is 32.5 Å². The van der Waals surface area contributed by atoms with Crippen LogP contribution < -0.4 is 4.74 Å². The molecule has 2 aromatic carbocycles. The summed E-state index contributed by atoms with van der Waals surface area (Å²) in [6.45, 7) is 3.91. The first-order chi connectivity index (χ1) is 15.1. The van der Waals surface area contributed by atoms with Gasteiger partial charge in [0.05, 0.1) is 9.71 Å². The zero-order valence-corrected chi connectivity index (χ0v) is 18.2. The molecule has 3 atom stereocenters. The van der Waals surface area contributed by atoms with E-state index in [1.807, 2.05) is 36.5 Å². The fourth-order valence-electron chi connectivity index (χ4n) is 4.51. The van der Waals surface area contributed by atoms with Crippen molar-refractivity contribution in [2.24, 2.45) is 0 Å². The highest BCUT2D eigenvalue weighted by Crippen LogP contribution is 2.36. The summed E-state index contributed by atoms with van der Waals surface area (Å²) in [4.78, 5) is 10.1. The van der Waals surface area contributed by atoms with Gasteiger partial charge in [-0.1, -0.05) is 12.1 Å². The number of halogens is 1. The van der Waals surface area contributed by atoms with Gasteiger partial charge < -0.3 is 14.8 Å². The lowest BCUT2D eigenvalue weighted by atomic mass is 9.92. The molecule has 7 heteroatoms. The fraction of sp³-hybridized carbons (Fsp3) is 0.375. The largest absolute Gasteiger partial charge is 0.490 e. The lowest BCUT2D eigenvalue weighted by molar-refractivity contribution is 0.0405. The molecule has 1 aliphatic heterocycles. The number of benzene rings is 2. The number of piperidine rings is 1. The average Bonchev–Trinajstić information content (AvgIpc) is 3.41. The Hall–Kier alpha value is -2.48. The van der Waals surface area contributed by atoms with Gasteiger partial charge in [0.2, 0.25) is 0 Å². The van der Waals surface area contributed by atoms with E-state index >= 15 is 0 Å². The number of nitrogens with one attached hydrogen (secondary N) is 1. The Bertz CT molecular complexity index is 1190. The van der Waals surface area contributed by atoms with Gasteiger partial charge in [0.1, 0.15) is 29.8 Å². The summed E-state index contributed by atoms with van der Waals surface area (Å²) in [7, 11) is 0. The second-order valence-corrected chi connectivity index (χ2v) is 9.43. The molecule has 3 heterocycles. The monoisotopic (exact) mass is 439 g/mol. The van der Waals surface area contributed by atoms with E-state index in [1.165, 1.54) is 6.07 Å². The molecule has 1 aliphatic rings. The normalized spacial score (nSPS) is 21.0. The number of β-amino-alcohol motifs (C(OH)–C–C–N with tert-alkyl or cyclic N) is 1. The number of fused-ring (bicyclic) bond motifs is 2. The highest BCUT2D eigenvalue weighted by Gasteiger charge is 2.29.